The third-order valence-electron chi connectivity index (χ3n) is 5.70. The van der Waals surface area contributed by atoms with Crippen LogP contribution >= 0.6 is 0 Å². The van der Waals surface area contributed by atoms with Crippen LogP contribution in [0.5, 0.6) is 0 Å². The zero-order valence-electron chi connectivity index (χ0n) is 15.6. The number of nitrogens with zero attached hydrogens (tertiary/aromatic N) is 1. The molecule has 1 fully saturated rings. The third kappa shape index (κ3) is 4.53. The topological polar surface area (TPSA) is 24.5 Å². The van der Waals surface area contributed by atoms with Gasteiger partial charge in [-0.05, 0) is 41.9 Å². The van der Waals surface area contributed by atoms with Crippen LogP contribution in [0.15, 0.2) is 43.1 Å². The molecule has 2 aliphatic rings. The molecule has 3 nitrogen and oxygen atoms in total. The fourth-order valence-electron chi connectivity index (χ4n) is 4.14. The molecule has 0 spiro atoms. The summed E-state index contributed by atoms with van der Waals surface area (Å²) in [5, 5.41) is 5.31. The van der Waals surface area contributed by atoms with E-state index in [4.69, 9.17) is 4.84 Å². The van der Waals surface area contributed by atoms with Gasteiger partial charge in [0, 0.05) is 12.7 Å². The van der Waals surface area contributed by atoms with Gasteiger partial charge in [-0.3, -0.25) is 4.84 Å². The average molecular weight is 341 g/mol. The van der Waals surface area contributed by atoms with Crippen molar-refractivity contribution < 1.29 is 4.84 Å². The molecule has 1 aromatic rings. The van der Waals surface area contributed by atoms with Crippen molar-refractivity contribution in [3.63, 3.8) is 0 Å². The molecule has 1 aliphatic heterocycles. The third-order valence-corrected chi connectivity index (χ3v) is 5.70. The first-order valence-electron chi connectivity index (χ1n) is 9.69. The van der Waals surface area contributed by atoms with E-state index >= 15 is 0 Å². The van der Waals surface area contributed by atoms with E-state index in [1.54, 1.807) is 0 Å². The minimum Gasteiger partial charge on any atom is -0.391 e. The number of rotatable bonds is 8. The molecule has 1 unspecified atom stereocenters. The molecule has 25 heavy (non-hydrogen) atoms. The van der Waals surface area contributed by atoms with Crippen LogP contribution in [0.25, 0.3) is 0 Å². The van der Waals surface area contributed by atoms with Crippen molar-refractivity contribution in [3.05, 3.63) is 59.8 Å². The number of likely N-dealkylation sites (N-methyl/N-ethyl adjacent to an activating group) is 1. The van der Waals surface area contributed by atoms with Gasteiger partial charge < -0.3 is 5.32 Å². The highest BCUT2D eigenvalue weighted by molar-refractivity contribution is 5.33. The van der Waals surface area contributed by atoms with E-state index in [0.29, 0.717) is 6.61 Å². The van der Waals surface area contributed by atoms with Gasteiger partial charge in [0.05, 0.1) is 19.2 Å². The van der Waals surface area contributed by atoms with Gasteiger partial charge in [-0.1, -0.05) is 56.5 Å². The molecule has 0 bridgehead atoms. The van der Waals surface area contributed by atoms with E-state index in [0.717, 1.165) is 31.0 Å². The minimum absolute atomic E-state index is 0.176. The Bertz CT molecular complexity index is 604. The highest BCUT2D eigenvalue weighted by Gasteiger charge is 2.26. The molecule has 1 N–H and O–H groups in total. The lowest BCUT2D eigenvalue weighted by molar-refractivity contribution is -0.207. The summed E-state index contributed by atoms with van der Waals surface area (Å²) in [4.78, 5) is 6.06. The van der Waals surface area contributed by atoms with Crippen LogP contribution < -0.4 is 5.32 Å². The van der Waals surface area contributed by atoms with Crippen LogP contribution in [0.1, 0.15) is 55.2 Å². The zero-order chi connectivity index (χ0) is 17.6. The van der Waals surface area contributed by atoms with E-state index < -0.39 is 0 Å². The van der Waals surface area contributed by atoms with Crippen molar-refractivity contribution >= 4 is 0 Å². The number of benzene rings is 1. The molecule has 136 valence electrons. The lowest BCUT2D eigenvalue weighted by atomic mass is 9.94. The largest absolute Gasteiger partial charge is 0.391 e. The summed E-state index contributed by atoms with van der Waals surface area (Å²) in [6.45, 7) is 9.51. The van der Waals surface area contributed by atoms with E-state index in [-0.39, 0.29) is 6.04 Å². The fourth-order valence-corrected chi connectivity index (χ4v) is 4.14. The molecular weight excluding hydrogens is 308 g/mol. The summed E-state index contributed by atoms with van der Waals surface area (Å²) in [6, 6.07) is 7.16. The Balaban J connectivity index is 1.71. The van der Waals surface area contributed by atoms with Crippen molar-refractivity contribution in [2.24, 2.45) is 5.92 Å². The Labute approximate surface area is 152 Å². The molecular formula is C22H32N2O. The summed E-state index contributed by atoms with van der Waals surface area (Å²) in [6.07, 6.45) is 10.8. The lowest BCUT2D eigenvalue weighted by Crippen LogP contribution is -2.41. The number of allylic oxidation sites excluding steroid dienone is 1. The molecule has 3 heteroatoms. The summed E-state index contributed by atoms with van der Waals surface area (Å²) >= 11 is 0. The molecule has 0 aromatic heterocycles. The van der Waals surface area contributed by atoms with Gasteiger partial charge in [-0.15, -0.1) is 6.58 Å². The van der Waals surface area contributed by atoms with Crippen molar-refractivity contribution in [1.82, 2.24) is 10.4 Å². The molecule has 0 saturated heterocycles. The van der Waals surface area contributed by atoms with Gasteiger partial charge in [0.15, 0.2) is 0 Å². The fraction of sp³-hybridized carbons (Fsp3) is 0.545. The molecule has 3 rings (SSSR count). The normalized spacial score (nSPS) is 19.4. The molecule has 1 saturated carbocycles. The van der Waals surface area contributed by atoms with Gasteiger partial charge in [-0.2, -0.15) is 5.06 Å². The van der Waals surface area contributed by atoms with Crippen LogP contribution in [0.4, 0.5) is 0 Å². The zero-order valence-corrected chi connectivity index (χ0v) is 15.6. The monoisotopic (exact) mass is 340 g/mol. The predicted octanol–water partition coefficient (Wildman–Crippen LogP) is 4.73. The Morgan fingerprint density at radius 3 is 2.88 bits per heavy atom. The maximum absolute atomic E-state index is 6.06. The molecule has 0 radical (unpaired) electrons. The minimum atomic E-state index is 0.176. The van der Waals surface area contributed by atoms with Gasteiger partial charge >= 0.3 is 0 Å². The summed E-state index contributed by atoms with van der Waals surface area (Å²) < 4.78 is 0. The van der Waals surface area contributed by atoms with Gasteiger partial charge in [0.25, 0.3) is 0 Å². The van der Waals surface area contributed by atoms with Gasteiger partial charge in [-0.25, -0.2) is 0 Å². The lowest BCUT2D eigenvalue weighted by Gasteiger charge is -2.35. The summed E-state index contributed by atoms with van der Waals surface area (Å²) in [5.41, 5.74) is 5.23. The van der Waals surface area contributed by atoms with Crippen LogP contribution in [0.3, 0.4) is 0 Å². The second-order valence-corrected chi connectivity index (χ2v) is 7.46. The van der Waals surface area contributed by atoms with Gasteiger partial charge in [0.1, 0.15) is 0 Å². The van der Waals surface area contributed by atoms with E-state index in [1.165, 1.54) is 48.8 Å². The molecule has 1 aromatic carbocycles. The van der Waals surface area contributed by atoms with E-state index in [1.807, 2.05) is 13.1 Å². The Hall–Kier alpha value is -1.58. The number of fused-ring (bicyclic) bond motifs is 1. The second-order valence-electron chi connectivity index (χ2n) is 7.46. The first-order valence-corrected chi connectivity index (χ1v) is 9.69. The molecule has 1 aliphatic carbocycles. The quantitative estimate of drug-likeness (QED) is 0.692. The smallest absolute Gasteiger partial charge is 0.0939 e. The van der Waals surface area contributed by atoms with E-state index in [2.05, 4.69) is 41.7 Å². The first kappa shape index (κ1) is 18.2. The maximum Gasteiger partial charge on any atom is 0.0939 e. The number of nitrogens with one attached hydrogen (secondary N) is 1. The van der Waals surface area contributed by atoms with Crippen LogP contribution in [0, 0.1) is 5.92 Å². The first-order chi connectivity index (χ1) is 12.2. The summed E-state index contributed by atoms with van der Waals surface area (Å²) in [7, 11) is 1.93. The Kier molecular flexibility index (Phi) is 6.33. The Morgan fingerprint density at radius 2 is 2.16 bits per heavy atom. The highest BCUT2D eigenvalue weighted by atomic mass is 16.7. The van der Waals surface area contributed by atoms with E-state index in [9.17, 15) is 0 Å². The standard InChI is InChI=1S/C22H32N2O/c1-4-5-10-22(17(2)23-3)24-15-21-14-19(11-12-20(21)16-25-24)13-18-8-6-7-9-18/h4,11-12,14,18,22-23H,1-2,5-10,13,15-16H2,3H3. The SMILES string of the molecule is C=CCCC(C(=C)NC)N1Cc2cc(CC3CCCC3)ccc2CO1. The predicted molar refractivity (Wildman–Crippen MR) is 104 cm³/mol. The average Bonchev–Trinajstić information content (AvgIpc) is 3.14. The number of hydroxylamine groups is 2. The highest BCUT2D eigenvalue weighted by Crippen LogP contribution is 2.30. The van der Waals surface area contributed by atoms with Crippen LogP contribution in [0.2, 0.25) is 0 Å². The number of hydrogen-bond acceptors (Lipinski definition) is 3. The molecule has 1 atom stereocenters. The summed E-state index contributed by atoms with van der Waals surface area (Å²) in [5.74, 6) is 0.887. The van der Waals surface area contributed by atoms with Crippen molar-refractivity contribution in [3.8, 4) is 0 Å². The number of hydrogen-bond donors (Lipinski definition) is 1. The van der Waals surface area contributed by atoms with Crippen LogP contribution in [-0.4, -0.2) is 18.2 Å². The molecule has 0 amide bonds. The van der Waals surface area contributed by atoms with Crippen LogP contribution in [-0.2, 0) is 24.4 Å². The Morgan fingerprint density at radius 1 is 1.36 bits per heavy atom. The second kappa shape index (κ2) is 8.68. The van der Waals surface area contributed by atoms with Crippen molar-refractivity contribution in [2.75, 3.05) is 7.05 Å². The maximum atomic E-state index is 6.06. The van der Waals surface area contributed by atoms with Crippen molar-refractivity contribution in [1.29, 1.82) is 0 Å². The van der Waals surface area contributed by atoms with Crippen molar-refractivity contribution in [2.45, 2.75) is 64.1 Å². The van der Waals surface area contributed by atoms with Gasteiger partial charge in [0.2, 0.25) is 0 Å². The molecule has 1 heterocycles.